The van der Waals surface area contributed by atoms with Crippen molar-refractivity contribution in [2.75, 3.05) is 19.7 Å². The van der Waals surface area contributed by atoms with Crippen molar-refractivity contribution >= 4 is 5.91 Å². The lowest BCUT2D eigenvalue weighted by Crippen LogP contribution is -2.51. The number of ether oxygens (including phenoxy) is 1. The molecule has 0 aromatic heterocycles. The van der Waals surface area contributed by atoms with Gasteiger partial charge in [0.05, 0.1) is 12.2 Å². The molecule has 0 bridgehead atoms. The molecule has 0 aromatic rings. The van der Waals surface area contributed by atoms with E-state index in [1.165, 1.54) is 0 Å². The molecule has 76 valence electrons. The maximum absolute atomic E-state index is 11.7. The predicted molar refractivity (Wildman–Crippen MR) is 51.4 cm³/mol. The molecule has 1 rings (SSSR count). The topological polar surface area (TPSA) is 29.5 Å². The van der Waals surface area contributed by atoms with Crippen molar-refractivity contribution in [1.82, 2.24) is 4.90 Å². The molecular weight excluding hydrogens is 166 g/mol. The Kier molecular flexibility index (Phi) is 2.96. The normalized spacial score (nSPS) is 22.1. The van der Waals surface area contributed by atoms with E-state index in [9.17, 15) is 4.79 Å². The van der Waals surface area contributed by atoms with Crippen molar-refractivity contribution in [2.45, 2.75) is 33.3 Å². The second kappa shape index (κ2) is 3.66. The zero-order chi connectivity index (χ0) is 10.1. The highest BCUT2D eigenvalue weighted by Gasteiger charge is 2.30. The molecular formula is C10H19NO2. The van der Waals surface area contributed by atoms with Gasteiger partial charge in [-0.15, -0.1) is 0 Å². The predicted octanol–water partition coefficient (Wildman–Crippen LogP) is 1.28. The molecule has 1 aliphatic heterocycles. The zero-order valence-electron chi connectivity index (χ0n) is 8.96. The van der Waals surface area contributed by atoms with Crippen LogP contribution in [0.15, 0.2) is 0 Å². The van der Waals surface area contributed by atoms with Gasteiger partial charge in [0, 0.05) is 19.0 Å². The summed E-state index contributed by atoms with van der Waals surface area (Å²) in [5.74, 6) is 0.324. The highest BCUT2D eigenvalue weighted by atomic mass is 16.5. The Hall–Kier alpha value is -0.570. The molecule has 0 spiro atoms. The first-order chi connectivity index (χ1) is 5.92. The van der Waals surface area contributed by atoms with Crippen LogP contribution in [0, 0.1) is 5.92 Å². The van der Waals surface area contributed by atoms with Crippen LogP contribution in [0.5, 0.6) is 0 Å². The van der Waals surface area contributed by atoms with Crippen molar-refractivity contribution in [3.8, 4) is 0 Å². The average Bonchev–Trinajstić information content (AvgIpc) is 2.01. The lowest BCUT2D eigenvalue weighted by atomic mass is 10.1. The molecule has 1 heterocycles. The van der Waals surface area contributed by atoms with E-state index in [4.69, 9.17) is 4.74 Å². The molecule has 13 heavy (non-hydrogen) atoms. The van der Waals surface area contributed by atoms with Gasteiger partial charge in [0.15, 0.2) is 0 Å². The second-order valence-electron chi connectivity index (χ2n) is 4.52. The van der Waals surface area contributed by atoms with Crippen molar-refractivity contribution in [2.24, 2.45) is 5.92 Å². The first kappa shape index (κ1) is 10.5. The summed E-state index contributed by atoms with van der Waals surface area (Å²) in [6.45, 7) is 10.0. The number of carbonyl (C=O) groups is 1. The van der Waals surface area contributed by atoms with Crippen molar-refractivity contribution in [3.05, 3.63) is 0 Å². The number of nitrogens with zero attached hydrogens (tertiary/aromatic N) is 1. The molecule has 0 aromatic carbocycles. The molecule has 1 saturated heterocycles. The molecule has 0 radical (unpaired) electrons. The van der Waals surface area contributed by atoms with Gasteiger partial charge in [-0.05, 0) is 13.8 Å². The molecule has 0 atom stereocenters. The number of carbonyl (C=O) groups excluding carboxylic acids is 1. The van der Waals surface area contributed by atoms with Gasteiger partial charge in [-0.3, -0.25) is 4.79 Å². The van der Waals surface area contributed by atoms with E-state index in [0.717, 1.165) is 6.54 Å². The Morgan fingerprint density at radius 1 is 1.46 bits per heavy atom. The van der Waals surface area contributed by atoms with Gasteiger partial charge in [-0.2, -0.15) is 0 Å². The maximum Gasteiger partial charge on any atom is 0.225 e. The van der Waals surface area contributed by atoms with Crippen LogP contribution in [-0.2, 0) is 9.53 Å². The lowest BCUT2D eigenvalue weighted by Gasteiger charge is -2.38. The third kappa shape index (κ3) is 2.69. The average molecular weight is 185 g/mol. The molecule has 0 aliphatic carbocycles. The fourth-order valence-electron chi connectivity index (χ4n) is 1.57. The van der Waals surface area contributed by atoms with E-state index in [0.29, 0.717) is 13.2 Å². The largest absolute Gasteiger partial charge is 0.372 e. The number of rotatable bonds is 1. The zero-order valence-corrected chi connectivity index (χ0v) is 8.96. The first-order valence-corrected chi connectivity index (χ1v) is 4.85. The van der Waals surface area contributed by atoms with Crippen molar-refractivity contribution in [3.63, 3.8) is 0 Å². The van der Waals surface area contributed by atoms with E-state index in [1.807, 2.05) is 32.6 Å². The Balaban J connectivity index is 2.57. The molecule has 0 N–H and O–H groups in total. The molecule has 0 saturated carbocycles. The Morgan fingerprint density at radius 2 is 2.08 bits per heavy atom. The summed E-state index contributed by atoms with van der Waals surface area (Å²) in [5, 5.41) is 0. The van der Waals surface area contributed by atoms with Crippen LogP contribution < -0.4 is 0 Å². The number of amides is 1. The van der Waals surface area contributed by atoms with E-state index < -0.39 is 0 Å². The van der Waals surface area contributed by atoms with Crippen LogP contribution in [0.4, 0.5) is 0 Å². The van der Waals surface area contributed by atoms with Crippen molar-refractivity contribution < 1.29 is 9.53 Å². The van der Waals surface area contributed by atoms with Crippen LogP contribution in [-0.4, -0.2) is 36.1 Å². The lowest BCUT2D eigenvalue weighted by molar-refractivity contribution is -0.149. The van der Waals surface area contributed by atoms with Gasteiger partial charge >= 0.3 is 0 Å². The SMILES string of the molecule is CC(C)C(=O)N1CCOC(C)(C)C1. The van der Waals surface area contributed by atoms with Gasteiger partial charge in [-0.25, -0.2) is 0 Å². The highest BCUT2D eigenvalue weighted by molar-refractivity contribution is 5.78. The summed E-state index contributed by atoms with van der Waals surface area (Å²) in [7, 11) is 0. The van der Waals surface area contributed by atoms with Crippen LogP contribution >= 0.6 is 0 Å². The smallest absolute Gasteiger partial charge is 0.225 e. The van der Waals surface area contributed by atoms with E-state index in [-0.39, 0.29) is 17.4 Å². The summed E-state index contributed by atoms with van der Waals surface area (Å²) >= 11 is 0. The quantitative estimate of drug-likeness (QED) is 0.616. The summed E-state index contributed by atoms with van der Waals surface area (Å²) in [6, 6.07) is 0. The highest BCUT2D eigenvalue weighted by Crippen LogP contribution is 2.17. The monoisotopic (exact) mass is 185 g/mol. The summed E-state index contributed by atoms with van der Waals surface area (Å²) in [5.41, 5.74) is -0.178. The molecule has 3 nitrogen and oxygen atoms in total. The Labute approximate surface area is 80.1 Å². The maximum atomic E-state index is 11.7. The van der Waals surface area contributed by atoms with Gasteiger partial charge < -0.3 is 9.64 Å². The van der Waals surface area contributed by atoms with Gasteiger partial charge in [-0.1, -0.05) is 13.8 Å². The molecule has 3 heteroatoms. The van der Waals surface area contributed by atoms with Crippen molar-refractivity contribution in [1.29, 1.82) is 0 Å². The summed E-state index contributed by atoms with van der Waals surface area (Å²) < 4.78 is 5.53. The first-order valence-electron chi connectivity index (χ1n) is 4.85. The second-order valence-corrected chi connectivity index (χ2v) is 4.52. The van der Waals surface area contributed by atoms with Crippen LogP contribution in [0.3, 0.4) is 0 Å². The fourth-order valence-corrected chi connectivity index (χ4v) is 1.57. The van der Waals surface area contributed by atoms with Crippen LogP contribution in [0.1, 0.15) is 27.7 Å². The minimum absolute atomic E-state index is 0.0916. The number of hydrogen-bond donors (Lipinski definition) is 0. The number of hydrogen-bond acceptors (Lipinski definition) is 2. The van der Waals surface area contributed by atoms with Gasteiger partial charge in [0.2, 0.25) is 5.91 Å². The summed E-state index contributed by atoms with van der Waals surface area (Å²) in [6.07, 6.45) is 0. The molecule has 1 amide bonds. The van der Waals surface area contributed by atoms with E-state index >= 15 is 0 Å². The Bertz CT molecular complexity index is 199. The minimum atomic E-state index is -0.178. The third-order valence-electron chi connectivity index (χ3n) is 2.23. The summed E-state index contributed by atoms with van der Waals surface area (Å²) in [4.78, 5) is 13.6. The van der Waals surface area contributed by atoms with E-state index in [2.05, 4.69) is 0 Å². The third-order valence-corrected chi connectivity index (χ3v) is 2.23. The van der Waals surface area contributed by atoms with Gasteiger partial charge in [0.1, 0.15) is 0 Å². The number of morpholine rings is 1. The molecule has 1 fully saturated rings. The van der Waals surface area contributed by atoms with Crippen LogP contribution in [0.25, 0.3) is 0 Å². The molecule has 1 aliphatic rings. The van der Waals surface area contributed by atoms with E-state index in [1.54, 1.807) is 0 Å². The van der Waals surface area contributed by atoms with Gasteiger partial charge in [0.25, 0.3) is 0 Å². The minimum Gasteiger partial charge on any atom is -0.372 e. The Morgan fingerprint density at radius 3 is 2.54 bits per heavy atom. The fraction of sp³-hybridized carbons (Fsp3) is 0.900. The standard InChI is InChI=1S/C10H19NO2/c1-8(2)9(12)11-5-6-13-10(3,4)7-11/h8H,5-7H2,1-4H3. The molecule has 0 unspecified atom stereocenters. The van der Waals surface area contributed by atoms with Crippen LogP contribution in [0.2, 0.25) is 0 Å².